The molecule has 1 aromatic rings. The van der Waals surface area contributed by atoms with Crippen LogP contribution in [0.15, 0.2) is 12.7 Å². The van der Waals surface area contributed by atoms with Gasteiger partial charge in [-0.15, -0.1) is 0 Å². The van der Waals surface area contributed by atoms with Crippen molar-refractivity contribution in [3.05, 3.63) is 12.7 Å². The zero-order chi connectivity index (χ0) is 10.2. The zero-order valence-electron chi connectivity index (χ0n) is 9.11. The monoisotopic (exact) mass is 196 g/mol. The van der Waals surface area contributed by atoms with Gasteiger partial charge in [-0.05, 0) is 39.3 Å². The highest BCUT2D eigenvalue weighted by Gasteiger charge is 2.03. The van der Waals surface area contributed by atoms with Crippen molar-refractivity contribution in [2.45, 2.75) is 39.2 Å². The number of nitrogens with zero attached hydrogens (tertiary/aromatic N) is 3. The van der Waals surface area contributed by atoms with E-state index in [0.717, 1.165) is 19.5 Å². The van der Waals surface area contributed by atoms with Gasteiger partial charge in [0.1, 0.15) is 12.7 Å². The highest BCUT2D eigenvalue weighted by atomic mass is 15.3. The van der Waals surface area contributed by atoms with Gasteiger partial charge in [0.15, 0.2) is 0 Å². The van der Waals surface area contributed by atoms with E-state index in [1.54, 1.807) is 12.7 Å². The van der Waals surface area contributed by atoms with Crippen LogP contribution in [0, 0.1) is 0 Å². The molecule has 4 heteroatoms. The standard InChI is InChI=1S/C10H20N4/c1-3-6-11-7-4-5-10(2)14-9-12-8-13-14/h8-11H,3-7H2,1-2H3. The summed E-state index contributed by atoms with van der Waals surface area (Å²) in [6.07, 6.45) is 6.93. The molecule has 0 aliphatic heterocycles. The molecule has 1 N–H and O–H groups in total. The van der Waals surface area contributed by atoms with Gasteiger partial charge in [0, 0.05) is 0 Å². The van der Waals surface area contributed by atoms with Crippen LogP contribution in [0.3, 0.4) is 0 Å². The first kappa shape index (κ1) is 11.2. The van der Waals surface area contributed by atoms with Crippen LogP contribution in [0.2, 0.25) is 0 Å². The van der Waals surface area contributed by atoms with E-state index in [0.29, 0.717) is 6.04 Å². The van der Waals surface area contributed by atoms with Gasteiger partial charge in [-0.3, -0.25) is 4.68 Å². The fraction of sp³-hybridized carbons (Fsp3) is 0.800. The van der Waals surface area contributed by atoms with Crippen molar-refractivity contribution in [2.24, 2.45) is 0 Å². The van der Waals surface area contributed by atoms with Gasteiger partial charge in [0.05, 0.1) is 6.04 Å². The first-order chi connectivity index (χ1) is 6.84. The molecular formula is C10H20N4. The molecule has 1 atom stereocenters. The molecular weight excluding hydrogens is 176 g/mol. The average Bonchev–Trinajstić information content (AvgIpc) is 2.70. The van der Waals surface area contributed by atoms with E-state index in [4.69, 9.17) is 0 Å². The molecule has 80 valence electrons. The molecule has 0 spiro atoms. The lowest BCUT2D eigenvalue weighted by molar-refractivity contribution is 0.438. The molecule has 0 aromatic carbocycles. The normalized spacial score (nSPS) is 13.0. The molecule has 1 rings (SSSR count). The Bertz CT molecular complexity index is 220. The summed E-state index contributed by atoms with van der Waals surface area (Å²) in [5, 5.41) is 7.51. The molecule has 1 unspecified atom stereocenters. The van der Waals surface area contributed by atoms with Crippen molar-refractivity contribution in [1.29, 1.82) is 0 Å². The molecule has 0 saturated heterocycles. The van der Waals surface area contributed by atoms with E-state index < -0.39 is 0 Å². The molecule has 0 bridgehead atoms. The largest absolute Gasteiger partial charge is 0.317 e. The molecule has 0 aliphatic carbocycles. The Kier molecular flexibility index (Phi) is 5.22. The van der Waals surface area contributed by atoms with Crippen LogP contribution in [0.4, 0.5) is 0 Å². The summed E-state index contributed by atoms with van der Waals surface area (Å²) in [5.74, 6) is 0. The third-order valence-electron chi connectivity index (χ3n) is 2.29. The minimum absolute atomic E-state index is 0.459. The number of aromatic nitrogens is 3. The maximum Gasteiger partial charge on any atom is 0.137 e. The Morgan fingerprint density at radius 2 is 2.29 bits per heavy atom. The van der Waals surface area contributed by atoms with Crippen molar-refractivity contribution < 1.29 is 0 Å². The third kappa shape index (κ3) is 3.87. The van der Waals surface area contributed by atoms with Gasteiger partial charge in [-0.25, -0.2) is 4.98 Å². The Balaban J connectivity index is 2.07. The van der Waals surface area contributed by atoms with Crippen molar-refractivity contribution in [2.75, 3.05) is 13.1 Å². The van der Waals surface area contributed by atoms with Crippen LogP contribution >= 0.6 is 0 Å². The summed E-state index contributed by atoms with van der Waals surface area (Å²) in [7, 11) is 0. The summed E-state index contributed by atoms with van der Waals surface area (Å²) in [5.41, 5.74) is 0. The van der Waals surface area contributed by atoms with Gasteiger partial charge in [-0.2, -0.15) is 5.10 Å². The van der Waals surface area contributed by atoms with Gasteiger partial charge >= 0.3 is 0 Å². The molecule has 0 saturated carbocycles. The number of nitrogens with one attached hydrogen (secondary N) is 1. The van der Waals surface area contributed by atoms with E-state index >= 15 is 0 Å². The summed E-state index contributed by atoms with van der Waals surface area (Å²) < 4.78 is 1.92. The first-order valence-corrected chi connectivity index (χ1v) is 5.39. The second-order valence-electron chi connectivity index (χ2n) is 3.62. The van der Waals surface area contributed by atoms with E-state index in [9.17, 15) is 0 Å². The number of hydrogen-bond acceptors (Lipinski definition) is 3. The predicted molar refractivity (Wildman–Crippen MR) is 57.1 cm³/mol. The topological polar surface area (TPSA) is 42.7 Å². The van der Waals surface area contributed by atoms with Crippen molar-refractivity contribution >= 4 is 0 Å². The predicted octanol–water partition coefficient (Wildman–Crippen LogP) is 1.62. The lowest BCUT2D eigenvalue weighted by Crippen LogP contribution is -2.17. The molecule has 1 heterocycles. The molecule has 0 fully saturated rings. The van der Waals surface area contributed by atoms with E-state index in [-0.39, 0.29) is 0 Å². The second kappa shape index (κ2) is 6.54. The van der Waals surface area contributed by atoms with Gasteiger partial charge in [-0.1, -0.05) is 6.92 Å². The van der Waals surface area contributed by atoms with Crippen molar-refractivity contribution in [3.63, 3.8) is 0 Å². The Hall–Kier alpha value is -0.900. The molecule has 0 radical (unpaired) electrons. The number of hydrogen-bond donors (Lipinski definition) is 1. The number of rotatable bonds is 7. The zero-order valence-corrected chi connectivity index (χ0v) is 9.11. The fourth-order valence-corrected chi connectivity index (χ4v) is 1.40. The average molecular weight is 196 g/mol. The highest BCUT2D eigenvalue weighted by molar-refractivity contribution is 4.65. The summed E-state index contributed by atoms with van der Waals surface area (Å²) in [4.78, 5) is 3.94. The molecule has 0 amide bonds. The minimum Gasteiger partial charge on any atom is -0.317 e. The summed E-state index contributed by atoms with van der Waals surface area (Å²) >= 11 is 0. The molecule has 0 aliphatic rings. The van der Waals surface area contributed by atoms with Crippen LogP contribution in [0.1, 0.15) is 39.2 Å². The molecule has 4 nitrogen and oxygen atoms in total. The fourth-order valence-electron chi connectivity index (χ4n) is 1.40. The molecule has 14 heavy (non-hydrogen) atoms. The summed E-state index contributed by atoms with van der Waals surface area (Å²) in [6, 6.07) is 0.459. The van der Waals surface area contributed by atoms with Crippen LogP contribution in [-0.4, -0.2) is 27.9 Å². The minimum atomic E-state index is 0.459. The Morgan fingerprint density at radius 3 is 2.93 bits per heavy atom. The Morgan fingerprint density at radius 1 is 1.43 bits per heavy atom. The van der Waals surface area contributed by atoms with Crippen LogP contribution in [0.5, 0.6) is 0 Å². The van der Waals surface area contributed by atoms with Crippen molar-refractivity contribution in [3.8, 4) is 0 Å². The van der Waals surface area contributed by atoms with E-state index in [1.165, 1.54) is 12.8 Å². The first-order valence-electron chi connectivity index (χ1n) is 5.39. The van der Waals surface area contributed by atoms with Gasteiger partial charge in [0.2, 0.25) is 0 Å². The smallest absolute Gasteiger partial charge is 0.137 e. The SMILES string of the molecule is CCCNCCCC(C)n1cncn1. The molecule has 1 aromatic heterocycles. The lowest BCUT2D eigenvalue weighted by atomic mass is 10.2. The van der Waals surface area contributed by atoms with Crippen LogP contribution in [-0.2, 0) is 0 Å². The maximum absolute atomic E-state index is 4.12. The third-order valence-corrected chi connectivity index (χ3v) is 2.29. The van der Waals surface area contributed by atoms with Gasteiger partial charge < -0.3 is 5.32 Å². The highest BCUT2D eigenvalue weighted by Crippen LogP contribution is 2.09. The lowest BCUT2D eigenvalue weighted by Gasteiger charge is -2.11. The second-order valence-corrected chi connectivity index (χ2v) is 3.62. The van der Waals surface area contributed by atoms with Crippen molar-refractivity contribution in [1.82, 2.24) is 20.1 Å². The van der Waals surface area contributed by atoms with E-state index in [2.05, 4.69) is 29.2 Å². The summed E-state index contributed by atoms with van der Waals surface area (Å²) in [6.45, 7) is 6.59. The van der Waals surface area contributed by atoms with Crippen LogP contribution < -0.4 is 5.32 Å². The maximum atomic E-state index is 4.12. The quantitative estimate of drug-likeness (QED) is 0.674. The van der Waals surface area contributed by atoms with Crippen LogP contribution in [0.25, 0.3) is 0 Å². The van der Waals surface area contributed by atoms with Gasteiger partial charge in [0.25, 0.3) is 0 Å². The van der Waals surface area contributed by atoms with E-state index in [1.807, 2.05) is 4.68 Å². The Labute approximate surface area is 85.7 Å².